The van der Waals surface area contributed by atoms with E-state index in [9.17, 15) is 9.90 Å². The molecule has 0 unspecified atom stereocenters. The molecule has 19 heavy (non-hydrogen) atoms. The molecule has 1 amide bonds. The van der Waals surface area contributed by atoms with E-state index in [4.69, 9.17) is 4.74 Å². The van der Waals surface area contributed by atoms with Gasteiger partial charge in [0.15, 0.2) is 0 Å². The Kier molecular flexibility index (Phi) is 5.57. The molecular formula is C13H25N3O3. The summed E-state index contributed by atoms with van der Waals surface area (Å²) >= 11 is 0. The second kappa shape index (κ2) is 7.19. The van der Waals surface area contributed by atoms with Gasteiger partial charge in [-0.2, -0.15) is 0 Å². The van der Waals surface area contributed by atoms with Crippen LogP contribution >= 0.6 is 0 Å². The van der Waals surface area contributed by atoms with Gasteiger partial charge in [-0.05, 0) is 19.4 Å². The molecule has 2 aliphatic rings. The van der Waals surface area contributed by atoms with Crippen molar-refractivity contribution >= 4 is 5.91 Å². The van der Waals surface area contributed by atoms with Crippen LogP contribution in [0.25, 0.3) is 0 Å². The van der Waals surface area contributed by atoms with Gasteiger partial charge in [0, 0.05) is 33.2 Å². The quantitative estimate of drug-likeness (QED) is 0.664. The number of amides is 1. The van der Waals surface area contributed by atoms with Crippen molar-refractivity contribution in [3.05, 3.63) is 0 Å². The molecular weight excluding hydrogens is 246 g/mol. The summed E-state index contributed by atoms with van der Waals surface area (Å²) in [5.74, 6) is 0.0959. The first kappa shape index (κ1) is 14.7. The van der Waals surface area contributed by atoms with Gasteiger partial charge in [-0.1, -0.05) is 0 Å². The van der Waals surface area contributed by atoms with Crippen molar-refractivity contribution in [1.29, 1.82) is 0 Å². The Hall–Kier alpha value is -0.690. The lowest BCUT2D eigenvalue weighted by atomic mass is 10.2. The first-order valence-electron chi connectivity index (χ1n) is 7.13. The molecule has 2 N–H and O–H groups in total. The molecule has 2 atom stereocenters. The van der Waals surface area contributed by atoms with Crippen molar-refractivity contribution in [3.8, 4) is 0 Å². The van der Waals surface area contributed by atoms with Crippen LogP contribution in [0.4, 0.5) is 0 Å². The van der Waals surface area contributed by atoms with Crippen molar-refractivity contribution in [2.75, 3.05) is 53.0 Å². The number of β-amino-alcohol motifs (C(OH)–C–C–N with tert-alkyl or cyclic N) is 1. The van der Waals surface area contributed by atoms with Crippen molar-refractivity contribution in [1.82, 2.24) is 15.1 Å². The molecule has 6 heteroatoms. The number of ether oxygens (including phenoxy) is 1. The maximum Gasteiger partial charge on any atom is 0.239 e. The van der Waals surface area contributed by atoms with E-state index in [2.05, 4.69) is 10.2 Å². The summed E-state index contributed by atoms with van der Waals surface area (Å²) < 4.78 is 5.27. The van der Waals surface area contributed by atoms with E-state index in [1.165, 1.54) is 0 Å². The molecule has 0 aromatic heterocycles. The topological polar surface area (TPSA) is 65.0 Å². The molecule has 2 fully saturated rings. The van der Waals surface area contributed by atoms with Crippen molar-refractivity contribution in [3.63, 3.8) is 0 Å². The van der Waals surface area contributed by atoms with E-state index in [0.29, 0.717) is 13.1 Å². The van der Waals surface area contributed by atoms with Gasteiger partial charge in [0.25, 0.3) is 0 Å². The van der Waals surface area contributed by atoms with Crippen LogP contribution in [0.15, 0.2) is 0 Å². The van der Waals surface area contributed by atoms with Gasteiger partial charge >= 0.3 is 0 Å². The van der Waals surface area contributed by atoms with Gasteiger partial charge < -0.3 is 20.1 Å². The zero-order chi connectivity index (χ0) is 13.7. The maximum absolute atomic E-state index is 12.1. The molecule has 2 heterocycles. The van der Waals surface area contributed by atoms with Gasteiger partial charge in [0.1, 0.15) is 0 Å². The van der Waals surface area contributed by atoms with E-state index < -0.39 is 6.10 Å². The minimum Gasteiger partial charge on any atom is -0.390 e. The third-order valence-corrected chi connectivity index (χ3v) is 3.79. The molecule has 0 aliphatic carbocycles. The Balaban J connectivity index is 1.70. The lowest BCUT2D eigenvalue weighted by Crippen LogP contribution is -2.48. The van der Waals surface area contributed by atoms with Gasteiger partial charge in [0.05, 0.1) is 25.4 Å². The summed E-state index contributed by atoms with van der Waals surface area (Å²) in [5.41, 5.74) is 0. The summed E-state index contributed by atoms with van der Waals surface area (Å²) in [6, 6.07) is -0.0550. The average Bonchev–Trinajstić information content (AvgIpc) is 2.92. The summed E-state index contributed by atoms with van der Waals surface area (Å²) in [6.07, 6.45) is 1.47. The molecule has 6 nitrogen and oxygen atoms in total. The van der Waals surface area contributed by atoms with E-state index in [0.717, 1.165) is 45.7 Å². The molecule has 2 aliphatic heterocycles. The highest BCUT2D eigenvalue weighted by Gasteiger charge is 2.26. The van der Waals surface area contributed by atoms with Crippen LogP contribution in [0.3, 0.4) is 0 Å². The number of nitrogens with one attached hydrogen (secondary N) is 1. The number of morpholine rings is 1. The van der Waals surface area contributed by atoms with E-state index >= 15 is 0 Å². The molecule has 0 radical (unpaired) electrons. The van der Waals surface area contributed by atoms with Gasteiger partial charge in [-0.15, -0.1) is 0 Å². The fraction of sp³-hybridized carbons (Fsp3) is 0.923. The summed E-state index contributed by atoms with van der Waals surface area (Å²) in [7, 11) is 1.77. The van der Waals surface area contributed by atoms with Crippen LogP contribution < -0.4 is 5.32 Å². The van der Waals surface area contributed by atoms with Crippen LogP contribution in [0.1, 0.15) is 12.8 Å². The lowest BCUT2D eigenvalue weighted by Gasteiger charge is -2.30. The number of carbonyl (C=O) groups excluding carboxylic acids is 1. The smallest absolute Gasteiger partial charge is 0.239 e. The lowest BCUT2D eigenvalue weighted by molar-refractivity contribution is -0.133. The summed E-state index contributed by atoms with van der Waals surface area (Å²) in [4.78, 5) is 15.9. The van der Waals surface area contributed by atoms with Crippen LogP contribution in [-0.4, -0.2) is 85.9 Å². The normalized spacial score (nSPS) is 26.3. The molecule has 0 bridgehead atoms. The minimum atomic E-state index is -0.492. The van der Waals surface area contributed by atoms with Crippen LogP contribution in [0.5, 0.6) is 0 Å². The summed E-state index contributed by atoms with van der Waals surface area (Å²) in [5, 5.41) is 13.3. The second-order valence-corrected chi connectivity index (χ2v) is 5.43. The third-order valence-electron chi connectivity index (χ3n) is 3.79. The molecule has 0 spiro atoms. The fourth-order valence-electron chi connectivity index (χ4n) is 2.71. The van der Waals surface area contributed by atoms with Gasteiger partial charge in [0.2, 0.25) is 5.91 Å². The Morgan fingerprint density at radius 3 is 2.89 bits per heavy atom. The molecule has 110 valence electrons. The maximum atomic E-state index is 12.1. The highest BCUT2D eigenvalue weighted by molar-refractivity contribution is 5.81. The number of aliphatic hydroxyl groups excluding tert-OH is 1. The standard InChI is InChI=1S/C13H25N3O3/c1-15(13(18)12-3-2-4-14-12)9-11(17)10-16-5-7-19-8-6-16/h11-12,14,17H,2-10H2,1H3/t11-,12-/m0/s1. The zero-order valence-electron chi connectivity index (χ0n) is 11.7. The van der Waals surface area contributed by atoms with E-state index in [1.807, 2.05) is 0 Å². The van der Waals surface area contributed by atoms with Gasteiger partial charge in [-0.3, -0.25) is 9.69 Å². The number of carbonyl (C=O) groups is 1. The fourth-order valence-corrected chi connectivity index (χ4v) is 2.71. The number of aliphatic hydroxyl groups is 1. The first-order valence-corrected chi connectivity index (χ1v) is 7.13. The van der Waals surface area contributed by atoms with Gasteiger partial charge in [-0.25, -0.2) is 0 Å². The number of rotatable bonds is 5. The number of likely N-dealkylation sites (N-methyl/N-ethyl adjacent to an activating group) is 1. The summed E-state index contributed by atoms with van der Waals surface area (Å²) in [6.45, 7) is 5.10. The SMILES string of the molecule is CN(C[C@H](O)CN1CCOCC1)C(=O)[C@@H]1CCCN1. The van der Waals surface area contributed by atoms with Crippen LogP contribution in [-0.2, 0) is 9.53 Å². The largest absolute Gasteiger partial charge is 0.390 e. The highest BCUT2D eigenvalue weighted by atomic mass is 16.5. The van der Waals surface area contributed by atoms with Crippen LogP contribution in [0, 0.1) is 0 Å². The van der Waals surface area contributed by atoms with Crippen molar-refractivity contribution in [2.24, 2.45) is 0 Å². The van der Waals surface area contributed by atoms with Crippen LogP contribution in [0.2, 0.25) is 0 Å². The molecule has 0 aromatic rings. The molecule has 2 saturated heterocycles. The first-order chi connectivity index (χ1) is 9.16. The Morgan fingerprint density at radius 2 is 2.26 bits per heavy atom. The third kappa shape index (κ3) is 4.42. The highest BCUT2D eigenvalue weighted by Crippen LogP contribution is 2.08. The van der Waals surface area contributed by atoms with E-state index in [-0.39, 0.29) is 11.9 Å². The monoisotopic (exact) mass is 271 g/mol. The molecule has 2 rings (SSSR count). The second-order valence-electron chi connectivity index (χ2n) is 5.43. The number of hydrogen-bond acceptors (Lipinski definition) is 5. The predicted octanol–water partition coefficient (Wildman–Crippen LogP) is -1.11. The zero-order valence-corrected chi connectivity index (χ0v) is 11.7. The molecule has 0 aromatic carbocycles. The van der Waals surface area contributed by atoms with Crippen molar-refractivity contribution < 1.29 is 14.6 Å². The number of nitrogens with zero attached hydrogens (tertiary/aromatic N) is 2. The predicted molar refractivity (Wildman–Crippen MR) is 71.9 cm³/mol. The Bertz CT molecular complexity index is 289. The minimum absolute atomic E-state index is 0.0550. The Labute approximate surface area is 114 Å². The number of hydrogen-bond donors (Lipinski definition) is 2. The van der Waals surface area contributed by atoms with E-state index in [1.54, 1.807) is 11.9 Å². The Morgan fingerprint density at radius 1 is 1.53 bits per heavy atom. The van der Waals surface area contributed by atoms with Crippen molar-refractivity contribution in [2.45, 2.75) is 25.0 Å². The molecule has 0 saturated carbocycles. The average molecular weight is 271 g/mol.